The van der Waals surface area contributed by atoms with Gasteiger partial charge in [0.2, 0.25) is 11.8 Å². The van der Waals surface area contributed by atoms with E-state index in [0.717, 1.165) is 6.42 Å². The Hall–Kier alpha value is -0.810. The molecule has 3 unspecified atom stereocenters. The fourth-order valence-electron chi connectivity index (χ4n) is 3.22. The minimum absolute atomic E-state index is 0. The maximum absolute atomic E-state index is 12.1. The first-order valence-electron chi connectivity index (χ1n) is 7.89. The van der Waals surface area contributed by atoms with Crippen LogP contribution >= 0.6 is 12.4 Å². The molecule has 2 rings (SSSR count). The van der Waals surface area contributed by atoms with Crippen molar-refractivity contribution in [1.82, 2.24) is 16.0 Å². The van der Waals surface area contributed by atoms with E-state index in [4.69, 9.17) is 0 Å². The molecule has 1 aliphatic carbocycles. The normalized spacial score (nSPS) is 27.7. The summed E-state index contributed by atoms with van der Waals surface area (Å²) in [6.07, 6.45) is 6.02. The van der Waals surface area contributed by atoms with E-state index in [2.05, 4.69) is 16.0 Å². The van der Waals surface area contributed by atoms with Gasteiger partial charge in [-0.1, -0.05) is 26.7 Å². The number of amides is 2. The molecule has 3 atom stereocenters. The van der Waals surface area contributed by atoms with Crippen LogP contribution in [0.3, 0.4) is 0 Å². The van der Waals surface area contributed by atoms with Gasteiger partial charge in [-0.3, -0.25) is 9.59 Å². The molecule has 1 saturated carbocycles. The van der Waals surface area contributed by atoms with Crippen LogP contribution in [0.2, 0.25) is 0 Å². The molecule has 0 radical (unpaired) electrons. The van der Waals surface area contributed by atoms with Crippen molar-refractivity contribution in [2.24, 2.45) is 11.8 Å². The van der Waals surface area contributed by atoms with Crippen molar-refractivity contribution in [2.45, 2.75) is 58.0 Å². The Morgan fingerprint density at radius 1 is 1.14 bits per heavy atom. The third-order valence-corrected chi connectivity index (χ3v) is 4.43. The maximum Gasteiger partial charge on any atom is 0.237 e. The van der Waals surface area contributed by atoms with E-state index in [-0.39, 0.29) is 36.2 Å². The molecule has 6 heteroatoms. The zero-order valence-corrected chi connectivity index (χ0v) is 13.8. The molecular weight excluding hydrogens is 290 g/mol. The first-order valence-corrected chi connectivity index (χ1v) is 7.89. The van der Waals surface area contributed by atoms with Gasteiger partial charge in [0.15, 0.2) is 0 Å². The average molecular weight is 318 g/mol. The summed E-state index contributed by atoms with van der Waals surface area (Å²) < 4.78 is 0. The van der Waals surface area contributed by atoms with Gasteiger partial charge in [0.05, 0.1) is 6.04 Å². The second kappa shape index (κ2) is 8.59. The molecule has 1 aliphatic heterocycles. The third kappa shape index (κ3) is 5.15. The van der Waals surface area contributed by atoms with E-state index < -0.39 is 0 Å². The van der Waals surface area contributed by atoms with Crippen molar-refractivity contribution in [2.75, 3.05) is 13.1 Å². The van der Waals surface area contributed by atoms with Crippen molar-refractivity contribution >= 4 is 24.2 Å². The van der Waals surface area contributed by atoms with Gasteiger partial charge in [0.25, 0.3) is 0 Å². The fourth-order valence-corrected chi connectivity index (χ4v) is 3.22. The van der Waals surface area contributed by atoms with Gasteiger partial charge in [0.1, 0.15) is 0 Å². The predicted molar refractivity (Wildman–Crippen MR) is 85.4 cm³/mol. The summed E-state index contributed by atoms with van der Waals surface area (Å²) in [5.74, 6) is 0.785. The highest BCUT2D eigenvalue weighted by molar-refractivity contribution is 5.85. The number of rotatable bonds is 5. The number of fused-ring (bicyclic) bond motifs is 1. The van der Waals surface area contributed by atoms with Crippen LogP contribution < -0.4 is 16.0 Å². The van der Waals surface area contributed by atoms with Gasteiger partial charge in [-0.2, -0.15) is 0 Å². The molecule has 0 spiro atoms. The van der Waals surface area contributed by atoms with E-state index in [1.54, 1.807) is 0 Å². The van der Waals surface area contributed by atoms with Crippen LogP contribution in [0, 0.1) is 11.8 Å². The number of carbonyl (C=O) groups is 2. The third-order valence-electron chi connectivity index (χ3n) is 4.43. The summed E-state index contributed by atoms with van der Waals surface area (Å²) in [7, 11) is 0. The lowest BCUT2D eigenvalue weighted by atomic mass is 9.85. The molecule has 21 heavy (non-hydrogen) atoms. The molecule has 0 bridgehead atoms. The summed E-state index contributed by atoms with van der Waals surface area (Å²) in [5, 5.41) is 9.18. The van der Waals surface area contributed by atoms with Gasteiger partial charge in [-0.05, 0) is 25.2 Å². The summed E-state index contributed by atoms with van der Waals surface area (Å²) in [5.41, 5.74) is 0. The largest absolute Gasteiger partial charge is 0.354 e. The highest BCUT2D eigenvalue weighted by atomic mass is 35.5. The molecule has 0 aromatic rings. The molecule has 0 aromatic carbocycles. The Kier molecular flexibility index (Phi) is 7.46. The fraction of sp³-hybridized carbons (Fsp3) is 0.867. The van der Waals surface area contributed by atoms with E-state index in [9.17, 15) is 9.59 Å². The van der Waals surface area contributed by atoms with Crippen LogP contribution in [-0.4, -0.2) is 37.0 Å². The van der Waals surface area contributed by atoms with Gasteiger partial charge in [-0.25, -0.2) is 0 Å². The van der Waals surface area contributed by atoms with Crippen LogP contribution in [0.25, 0.3) is 0 Å². The minimum Gasteiger partial charge on any atom is -0.354 e. The molecule has 122 valence electrons. The summed E-state index contributed by atoms with van der Waals surface area (Å²) >= 11 is 0. The zero-order chi connectivity index (χ0) is 14.5. The van der Waals surface area contributed by atoms with Gasteiger partial charge < -0.3 is 16.0 Å². The molecule has 2 fully saturated rings. The molecule has 3 N–H and O–H groups in total. The average Bonchev–Trinajstić information content (AvgIpc) is 2.86. The Morgan fingerprint density at radius 3 is 2.48 bits per heavy atom. The van der Waals surface area contributed by atoms with Crippen molar-refractivity contribution in [3.63, 3.8) is 0 Å². The Labute approximate surface area is 133 Å². The Morgan fingerprint density at radius 2 is 1.81 bits per heavy atom. The van der Waals surface area contributed by atoms with Crippen LogP contribution in [0.4, 0.5) is 0 Å². The highest BCUT2D eigenvalue weighted by Gasteiger charge is 2.37. The van der Waals surface area contributed by atoms with Crippen LogP contribution in [0.5, 0.6) is 0 Å². The summed E-state index contributed by atoms with van der Waals surface area (Å²) in [6.45, 7) is 4.73. The Balaban J connectivity index is 0.00000220. The van der Waals surface area contributed by atoms with Crippen LogP contribution in [0.1, 0.15) is 46.0 Å². The zero-order valence-electron chi connectivity index (χ0n) is 13.0. The lowest BCUT2D eigenvalue weighted by Gasteiger charge is -2.24. The van der Waals surface area contributed by atoms with Crippen molar-refractivity contribution < 1.29 is 9.59 Å². The molecule has 2 aliphatic rings. The second-order valence-corrected chi connectivity index (χ2v) is 6.34. The molecule has 5 nitrogen and oxygen atoms in total. The SMILES string of the molecule is CC(C)C(=O)NCCNC(=O)C1CC2CCCCC2N1.Cl. The lowest BCUT2D eigenvalue weighted by molar-refractivity contribution is -0.125. The number of nitrogens with one attached hydrogen (secondary N) is 3. The first kappa shape index (κ1) is 18.2. The van der Waals surface area contributed by atoms with Crippen LogP contribution in [0.15, 0.2) is 0 Å². The molecule has 1 heterocycles. The van der Waals surface area contributed by atoms with Crippen molar-refractivity contribution in [3.8, 4) is 0 Å². The van der Waals surface area contributed by atoms with Crippen LogP contribution in [-0.2, 0) is 9.59 Å². The van der Waals surface area contributed by atoms with E-state index in [0.29, 0.717) is 25.0 Å². The number of halogens is 1. The monoisotopic (exact) mass is 317 g/mol. The predicted octanol–water partition coefficient (Wildman–Crippen LogP) is 1.22. The topological polar surface area (TPSA) is 70.2 Å². The summed E-state index contributed by atoms with van der Waals surface area (Å²) in [4.78, 5) is 23.5. The number of hydrogen-bond acceptors (Lipinski definition) is 3. The minimum atomic E-state index is -0.0381. The van der Waals surface area contributed by atoms with E-state index in [1.807, 2.05) is 13.8 Å². The van der Waals surface area contributed by atoms with Gasteiger partial charge >= 0.3 is 0 Å². The van der Waals surface area contributed by atoms with E-state index in [1.165, 1.54) is 25.7 Å². The Bertz CT molecular complexity index is 349. The maximum atomic E-state index is 12.1. The first-order chi connectivity index (χ1) is 9.58. The van der Waals surface area contributed by atoms with E-state index >= 15 is 0 Å². The lowest BCUT2D eigenvalue weighted by Crippen LogP contribution is -2.45. The smallest absolute Gasteiger partial charge is 0.237 e. The molecule has 0 aromatic heterocycles. The highest BCUT2D eigenvalue weighted by Crippen LogP contribution is 2.33. The van der Waals surface area contributed by atoms with Crippen molar-refractivity contribution in [3.05, 3.63) is 0 Å². The molecule has 2 amide bonds. The van der Waals surface area contributed by atoms with Gasteiger partial charge in [0, 0.05) is 25.0 Å². The second-order valence-electron chi connectivity index (χ2n) is 6.34. The quantitative estimate of drug-likeness (QED) is 0.668. The van der Waals surface area contributed by atoms with Gasteiger partial charge in [-0.15, -0.1) is 12.4 Å². The molecule has 1 saturated heterocycles. The standard InChI is InChI=1S/C15H27N3O2.ClH/c1-10(2)14(19)16-7-8-17-15(20)13-9-11-5-3-4-6-12(11)18-13;/h10-13,18H,3-9H2,1-2H3,(H,16,19)(H,17,20);1H. The molecular formula is C15H28ClN3O2. The number of hydrogen-bond donors (Lipinski definition) is 3. The number of carbonyl (C=O) groups excluding carboxylic acids is 2. The summed E-state index contributed by atoms with van der Waals surface area (Å²) in [6, 6.07) is 0.504. The van der Waals surface area contributed by atoms with Crippen molar-refractivity contribution in [1.29, 1.82) is 0 Å².